The van der Waals surface area contributed by atoms with Crippen LogP contribution in [0.4, 0.5) is 0 Å². The van der Waals surface area contributed by atoms with E-state index in [-0.39, 0.29) is 22.3 Å². The fourth-order valence-corrected chi connectivity index (χ4v) is 6.62. The molecule has 0 amide bonds. The quantitative estimate of drug-likeness (QED) is 0.811. The Kier molecular flexibility index (Phi) is 4.84. The first-order chi connectivity index (χ1) is 14.0. The molecule has 0 spiro atoms. The predicted molar refractivity (Wildman–Crippen MR) is 108 cm³/mol. The topological polar surface area (TPSA) is 91.3 Å². The number of pyridine rings is 1. The van der Waals surface area contributed by atoms with Crippen LogP contribution in [0.3, 0.4) is 0 Å². The van der Waals surface area contributed by atoms with Gasteiger partial charge in [-0.2, -0.15) is 9.40 Å². The molecule has 0 aromatic carbocycles. The Morgan fingerprint density at radius 3 is 2.69 bits per heavy atom. The fourth-order valence-electron chi connectivity index (χ4n) is 5.15. The zero-order chi connectivity index (χ0) is 20.0. The molecule has 3 aliphatic rings. The first-order valence-electron chi connectivity index (χ1n) is 10.5. The number of fused-ring (bicyclic) bond motifs is 4. The average Bonchev–Trinajstić information content (AvgIpc) is 3.27. The lowest BCUT2D eigenvalue weighted by Gasteiger charge is -2.42. The average molecular weight is 418 g/mol. The summed E-state index contributed by atoms with van der Waals surface area (Å²) in [4.78, 5) is 15.7. The highest BCUT2D eigenvalue weighted by atomic mass is 32.2. The molecule has 2 atom stereocenters. The third kappa shape index (κ3) is 3.45. The molecule has 156 valence electrons. The maximum Gasteiger partial charge on any atom is 0.255 e. The van der Waals surface area contributed by atoms with E-state index in [2.05, 4.69) is 21.2 Å². The van der Waals surface area contributed by atoms with Crippen LogP contribution in [0.15, 0.2) is 34.2 Å². The van der Waals surface area contributed by atoms with E-state index in [0.717, 1.165) is 37.3 Å². The summed E-state index contributed by atoms with van der Waals surface area (Å²) >= 11 is 0. The second-order valence-electron chi connectivity index (χ2n) is 8.59. The summed E-state index contributed by atoms with van der Waals surface area (Å²) in [5.74, 6) is 0.215. The number of H-pyrrole nitrogens is 1. The van der Waals surface area contributed by atoms with Gasteiger partial charge in [0.15, 0.2) is 0 Å². The van der Waals surface area contributed by atoms with E-state index in [1.54, 1.807) is 4.31 Å². The van der Waals surface area contributed by atoms with Gasteiger partial charge in [-0.1, -0.05) is 12.5 Å². The molecule has 2 aromatic rings. The van der Waals surface area contributed by atoms with Crippen LogP contribution in [-0.2, 0) is 23.1 Å². The van der Waals surface area contributed by atoms with Crippen molar-refractivity contribution in [2.24, 2.45) is 5.92 Å². The van der Waals surface area contributed by atoms with Crippen molar-refractivity contribution in [1.29, 1.82) is 0 Å². The monoisotopic (exact) mass is 417 g/mol. The van der Waals surface area contributed by atoms with Crippen LogP contribution in [0.25, 0.3) is 0 Å². The molecule has 29 heavy (non-hydrogen) atoms. The van der Waals surface area contributed by atoms with Crippen molar-refractivity contribution in [3.63, 3.8) is 0 Å². The van der Waals surface area contributed by atoms with Gasteiger partial charge in [0.1, 0.15) is 4.90 Å². The molecular formula is C20H27N5O3S. The van der Waals surface area contributed by atoms with Crippen LogP contribution in [0, 0.1) is 5.92 Å². The molecule has 5 rings (SSSR count). The molecule has 1 N–H and O–H groups in total. The number of piperidine rings is 2. The van der Waals surface area contributed by atoms with Gasteiger partial charge in [0.25, 0.3) is 5.56 Å². The van der Waals surface area contributed by atoms with E-state index < -0.39 is 10.0 Å². The number of aromatic amines is 1. The van der Waals surface area contributed by atoms with Crippen LogP contribution in [0.2, 0.25) is 0 Å². The largest absolute Gasteiger partial charge is 0.312 e. The van der Waals surface area contributed by atoms with Crippen LogP contribution >= 0.6 is 0 Å². The molecule has 0 radical (unpaired) electrons. The first kappa shape index (κ1) is 19.0. The van der Waals surface area contributed by atoms with Crippen molar-refractivity contribution in [1.82, 2.24) is 24.0 Å². The normalized spacial score (nSPS) is 25.7. The number of nitrogens with zero attached hydrogens (tertiary/aromatic N) is 4. The van der Waals surface area contributed by atoms with E-state index in [4.69, 9.17) is 0 Å². The first-order valence-corrected chi connectivity index (χ1v) is 11.9. The van der Waals surface area contributed by atoms with Crippen molar-refractivity contribution in [2.45, 2.75) is 49.6 Å². The maximum absolute atomic E-state index is 13.2. The molecule has 0 aliphatic carbocycles. The van der Waals surface area contributed by atoms with Gasteiger partial charge in [-0.3, -0.25) is 14.8 Å². The second-order valence-corrected chi connectivity index (χ2v) is 10.5. The van der Waals surface area contributed by atoms with E-state index in [0.29, 0.717) is 19.6 Å². The Morgan fingerprint density at radius 2 is 1.93 bits per heavy atom. The van der Waals surface area contributed by atoms with Gasteiger partial charge in [-0.25, -0.2) is 8.42 Å². The van der Waals surface area contributed by atoms with Gasteiger partial charge in [0.2, 0.25) is 10.0 Å². The molecule has 2 bridgehead atoms. The van der Waals surface area contributed by atoms with Gasteiger partial charge < -0.3 is 4.57 Å². The number of hydrogen-bond donors (Lipinski definition) is 1. The van der Waals surface area contributed by atoms with E-state index in [1.807, 2.05) is 10.6 Å². The van der Waals surface area contributed by atoms with E-state index in [9.17, 15) is 13.2 Å². The van der Waals surface area contributed by atoms with Crippen LogP contribution in [-0.4, -0.2) is 58.6 Å². The lowest BCUT2D eigenvalue weighted by Crippen LogP contribution is -2.49. The van der Waals surface area contributed by atoms with Gasteiger partial charge in [-0.05, 0) is 44.3 Å². The minimum Gasteiger partial charge on any atom is -0.312 e. The third-order valence-electron chi connectivity index (χ3n) is 6.60. The van der Waals surface area contributed by atoms with Crippen molar-refractivity contribution in [3.05, 3.63) is 46.1 Å². The number of aromatic nitrogens is 3. The lowest BCUT2D eigenvalue weighted by atomic mass is 9.84. The number of likely N-dealkylation sites (tertiary alicyclic amines) is 1. The Labute approximate surface area is 170 Å². The van der Waals surface area contributed by atoms with Crippen molar-refractivity contribution in [3.8, 4) is 0 Å². The van der Waals surface area contributed by atoms with Crippen LogP contribution in [0.5, 0.6) is 0 Å². The van der Waals surface area contributed by atoms with Gasteiger partial charge >= 0.3 is 0 Å². The Balaban J connectivity index is 1.41. The summed E-state index contributed by atoms with van der Waals surface area (Å²) < 4.78 is 29.3. The summed E-state index contributed by atoms with van der Waals surface area (Å²) in [5.41, 5.74) is 1.94. The van der Waals surface area contributed by atoms with Crippen molar-refractivity contribution in [2.75, 3.05) is 26.2 Å². The molecule has 2 fully saturated rings. The number of sulfonamides is 1. The third-order valence-corrected chi connectivity index (χ3v) is 8.40. The Bertz CT molecular complexity index is 1040. The summed E-state index contributed by atoms with van der Waals surface area (Å²) in [6.07, 6.45) is 7.40. The summed E-state index contributed by atoms with van der Waals surface area (Å²) in [6.45, 7) is 4.30. The van der Waals surface area contributed by atoms with Gasteiger partial charge in [0, 0.05) is 49.6 Å². The van der Waals surface area contributed by atoms with Crippen LogP contribution < -0.4 is 5.56 Å². The molecule has 8 nitrogen and oxygen atoms in total. The number of rotatable bonds is 4. The molecule has 2 aromatic heterocycles. The number of nitrogens with one attached hydrogen (secondary N) is 1. The van der Waals surface area contributed by atoms with Crippen molar-refractivity contribution < 1.29 is 8.42 Å². The molecule has 3 aliphatic heterocycles. The fraction of sp³-hybridized carbons (Fsp3) is 0.600. The zero-order valence-electron chi connectivity index (χ0n) is 16.5. The maximum atomic E-state index is 13.2. The van der Waals surface area contributed by atoms with Gasteiger partial charge in [-0.15, -0.1) is 0 Å². The van der Waals surface area contributed by atoms with Crippen LogP contribution in [0.1, 0.15) is 42.9 Å². The smallest absolute Gasteiger partial charge is 0.255 e. The Morgan fingerprint density at radius 1 is 1.10 bits per heavy atom. The highest BCUT2D eigenvalue weighted by molar-refractivity contribution is 7.89. The molecule has 0 unspecified atom stereocenters. The summed E-state index contributed by atoms with van der Waals surface area (Å²) in [6, 6.07) is 4.02. The summed E-state index contributed by atoms with van der Waals surface area (Å²) in [5, 5.41) is 6.36. The molecule has 2 saturated heterocycles. The van der Waals surface area contributed by atoms with E-state index in [1.165, 1.54) is 31.7 Å². The molecule has 9 heteroatoms. The zero-order valence-corrected chi connectivity index (χ0v) is 17.3. The number of hydrogen-bond acceptors (Lipinski definition) is 5. The SMILES string of the molecule is O=c1c(CN2CCCCC2)ccc2n1C[C@H]1C[C@@H]2CN(S(=O)(=O)c2cn[nH]c2)C1. The highest BCUT2D eigenvalue weighted by Crippen LogP contribution is 2.37. The highest BCUT2D eigenvalue weighted by Gasteiger charge is 2.40. The van der Waals surface area contributed by atoms with Crippen molar-refractivity contribution >= 4 is 10.0 Å². The van der Waals surface area contributed by atoms with E-state index >= 15 is 0 Å². The lowest BCUT2D eigenvalue weighted by molar-refractivity contribution is 0.184. The Hall–Kier alpha value is -1.97. The second kappa shape index (κ2) is 7.37. The molecular weight excluding hydrogens is 390 g/mol. The standard InChI is InChI=1S/C20H27N5O3S/c26-20-16(13-23-6-2-1-3-7-23)4-5-19-17-8-15(12-25(19)20)11-24(14-17)29(27,28)18-9-21-22-10-18/h4-5,9-10,15,17H,1-3,6-8,11-14H2,(H,21,22)/t15-,17+/m0/s1. The predicted octanol–water partition coefficient (Wildman–Crippen LogP) is 1.37. The molecule has 0 saturated carbocycles. The summed E-state index contributed by atoms with van der Waals surface area (Å²) in [7, 11) is -3.56. The molecule has 5 heterocycles. The van der Waals surface area contributed by atoms with Gasteiger partial charge in [0.05, 0.1) is 6.20 Å². The minimum absolute atomic E-state index is 0.0564. The minimum atomic E-state index is -3.56.